The maximum Gasteiger partial charge on any atom is 0.278 e. The Kier molecular flexibility index (Phi) is 6.26. The van der Waals surface area contributed by atoms with Crippen molar-refractivity contribution in [3.05, 3.63) is 39.9 Å². The van der Waals surface area contributed by atoms with Gasteiger partial charge in [0, 0.05) is 11.6 Å². The highest BCUT2D eigenvalue weighted by atomic mass is 35.5. The minimum Gasteiger partial charge on any atom is -0.495 e. The van der Waals surface area contributed by atoms with E-state index in [0.29, 0.717) is 33.8 Å². The molecule has 11 heteroatoms. The summed E-state index contributed by atoms with van der Waals surface area (Å²) < 4.78 is 12.8. The second kappa shape index (κ2) is 9.07. The Balaban J connectivity index is 1.53. The molecule has 0 spiro atoms. The highest BCUT2D eigenvalue weighted by molar-refractivity contribution is 7.99. The summed E-state index contributed by atoms with van der Waals surface area (Å²) in [5, 5.41) is 3.82. The molecular formula is C19H20ClN5O4S. The normalized spacial score (nSPS) is 16.1. The first kappa shape index (κ1) is 20.7. The van der Waals surface area contributed by atoms with Crippen LogP contribution in [0.5, 0.6) is 5.75 Å². The van der Waals surface area contributed by atoms with Crippen molar-refractivity contribution in [2.24, 2.45) is 0 Å². The molecule has 1 aromatic carbocycles. The number of H-pyrrole nitrogens is 1. The first-order chi connectivity index (χ1) is 14.5. The van der Waals surface area contributed by atoms with Crippen LogP contribution in [-0.2, 0) is 16.1 Å². The zero-order valence-corrected chi connectivity index (χ0v) is 17.8. The minimum atomic E-state index is -0.318. The van der Waals surface area contributed by atoms with Crippen LogP contribution in [0.1, 0.15) is 12.8 Å². The Labute approximate surface area is 181 Å². The molecule has 1 aliphatic rings. The van der Waals surface area contributed by atoms with Gasteiger partial charge in [0.15, 0.2) is 16.3 Å². The van der Waals surface area contributed by atoms with Crippen molar-refractivity contribution in [1.82, 2.24) is 19.5 Å². The van der Waals surface area contributed by atoms with Crippen LogP contribution in [0.4, 0.5) is 5.69 Å². The number of amides is 1. The van der Waals surface area contributed by atoms with E-state index in [1.54, 1.807) is 18.2 Å². The van der Waals surface area contributed by atoms with E-state index < -0.39 is 0 Å². The van der Waals surface area contributed by atoms with Crippen LogP contribution >= 0.6 is 23.4 Å². The van der Waals surface area contributed by atoms with E-state index in [-0.39, 0.29) is 28.8 Å². The highest BCUT2D eigenvalue weighted by Gasteiger charge is 2.22. The molecule has 0 saturated carbocycles. The minimum absolute atomic E-state index is 0.0346. The molecule has 158 valence electrons. The number of imidazole rings is 1. The van der Waals surface area contributed by atoms with Crippen LogP contribution in [-0.4, -0.2) is 51.0 Å². The third-order valence-corrected chi connectivity index (χ3v) is 5.89. The zero-order chi connectivity index (χ0) is 21.1. The second-order valence-electron chi connectivity index (χ2n) is 6.73. The van der Waals surface area contributed by atoms with Gasteiger partial charge in [-0.25, -0.2) is 9.97 Å². The van der Waals surface area contributed by atoms with Crippen molar-refractivity contribution in [3.63, 3.8) is 0 Å². The largest absolute Gasteiger partial charge is 0.495 e. The summed E-state index contributed by atoms with van der Waals surface area (Å²) in [5.41, 5.74) is 0.895. The van der Waals surface area contributed by atoms with Crippen molar-refractivity contribution >= 4 is 46.1 Å². The lowest BCUT2D eigenvalue weighted by Gasteiger charge is -2.13. The first-order valence-electron chi connectivity index (χ1n) is 9.37. The number of hydrogen-bond donors (Lipinski definition) is 2. The number of halogens is 1. The summed E-state index contributed by atoms with van der Waals surface area (Å²) in [6.07, 6.45) is 3.32. The molecule has 2 aromatic heterocycles. The van der Waals surface area contributed by atoms with Crippen molar-refractivity contribution < 1.29 is 14.3 Å². The smallest absolute Gasteiger partial charge is 0.278 e. The van der Waals surface area contributed by atoms with Gasteiger partial charge in [0.25, 0.3) is 5.56 Å². The van der Waals surface area contributed by atoms with Gasteiger partial charge in [-0.05, 0) is 31.0 Å². The predicted octanol–water partition coefficient (Wildman–Crippen LogP) is 2.69. The number of anilines is 1. The number of carbonyl (C=O) groups is 1. The van der Waals surface area contributed by atoms with Gasteiger partial charge in [0.1, 0.15) is 5.75 Å². The monoisotopic (exact) mass is 449 g/mol. The summed E-state index contributed by atoms with van der Waals surface area (Å²) in [5.74, 6) is 0.347. The molecule has 1 atom stereocenters. The Bertz CT molecular complexity index is 1130. The van der Waals surface area contributed by atoms with Crippen LogP contribution in [0.15, 0.2) is 34.5 Å². The average molecular weight is 450 g/mol. The van der Waals surface area contributed by atoms with Gasteiger partial charge in [-0.1, -0.05) is 23.4 Å². The SMILES string of the molecule is COc1ccc(Cl)cc1NC(=O)CSc1nc2c(=O)[nH]cnc2n1C[C@H]1CCCO1. The van der Waals surface area contributed by atoms with Crippen LogP contribution in [0, 0.1) is 0 Å². The molecule has 1 aliphatic heterocycles. The molecule has 0 aliphatic carbocycles. The summed E-state index contributed by atoms with van der Waals surface area (Å²) >= 11 is 7.24. The average Bonchev–Trinajstić information content (AvgIpc) is 3.36. The van der Waals surface area contributed by atoms with Gasteiger partial charge in [0.2, 0.25) is 5.91 Å². The van der Waals surface area contributed by atoms with Crippen molar-refractivity contribution in [1.29, 1.82) is 0 Å². The molecule has 0 unspecified atom stereocenters. The molecule has 1 fully saturated rings. The van der Waals surface area contributed by atoms with E-state index in [2.05, 4.69) is 20.3 Å². The fourth-order valence-electron chi connectivity index (χ4n) is 3.29. The van der Waals surface area contributed by atoms with Gasteiger partial charge in [-0.15, -0.1) is 0 Å². The molecule has 4 rings (SSSR count). The fourth-order valence-corrected chi connectivity index (χ4v) is 4.27. The number of fused-ring (bicyclic) bond motifs is 1. The van der Waals surface area contributed by atoms with E-state index in [9.17, 15) is 9.59 Å². The van der Waals surface area contributed by atoms with Gasteiger partial charge >= 0.3 is 0 Å². The van der Waals surface area contributed by atoms with Crippen molar-refractivity contribution in [2.45, 2.75) is 30.6 Å². The van der Waals surface area contributed by atoms with Gasteiger partial charge in [-0.3, -0.25) is 9.59 Å². The molecule has 3 heterocycles. The maximum atomic E-state index is 12.5. The lowest BCUT2D eigenvalue weighted by atomic mass is 10.2. The summed E-state index contributed by atoms with van der Waals surface area (Å²) in [6.45, 7) is 1.25. The lowest BCUT2D eigenvalue weighted by Crippen LogP contribution is -2.18. The number of methoxy groups -OCH3 is 1. The van der Waals surface area contributed by atoms with Gasteiger partial charge in [0.05, 0.1) is 37.5 Å². The van der Waals surface area contributed by atoms with E-state index in [4.69, 9.17) is 21.1 Å². The number of ether oxygens (including phenoxy) is 2. The quantitative estimate of drug-likeness (QED) is 0.533. The summed E-state index contributed by atoms with van der Waals surface area (Å²) in [6, 6.07) is 4.99. The maximum absolute atomic E-state index is 12.5. The summed E-state index contributed by atoms with van der Waals surface area (Å²) in [7, 11) is 1.52. The second-order valence-corrected chi connectivity index (χ2v) is 8.10. The third kappa shape index (κ3) is 4.45. The van der Waals surface area contributed by atoms with Gasteiger partial charge in [-0.2, -0.15) is 0 Å². The van der Waals surface area contributed by atoms with Crippen LogP contribution in [0.3, 0.4) is 0 Å². The molecule has 0 radical (unpaired) electrons. The van der Waals surface area contributed by atoms with Crippen molar-refractivity contribution in [3.8, 4) is 5.75 Å². The van der Waals surface area contributed by atoms with Crippen LogP contribution < -0.4 is 15.6 Å². The molecule has 1 amide bonds. The van der Waals surface area contributed by atoms with Crippen molar-refractivity contribution in [2.75, 3.05) is 24.8 Å². The fraction of sp³-hybridized carbons (Fsp3) is 0.368. The molecule has 1 saturated heterocycles. The zero-order valence-electron chi connectivity index (χ0n) is 16.2. The predicted molar refractivity (Wildman–Crippen MR) is 114 cm³/mol. The Morgan fingerprint density at radius 2 is 2.37 bits per heavy atom. The molecule has 2 N–H and O–H groups in total. The van der Waals surface area contributed by atoms with Crippen LogP contribution in [0.25, 0.3) is 11.2 Å². The van der Waals surface area contributed by atoms with E-state index in [1.165, 1.54) is 25.2 Å². The number of rotatable bonds is 7. The number of nitrogens with one attached hydrogen (secondary N) is 2. The first-order valence-corrected chi connectivity index (χ1v) is 10.7. The molecule has 0 bridgehead atoms. The molecule has 3 aromatic rings. The highest BCUT2D eigenvalue weighted by Crippen LogP contribution is 2.29. The van der Waals surface area contributed by atoms with Crippen LogP contribution in [0.2, 0.25) is 5.02 Å². The number of hydrogen-bond acceptors (Lipinski definition) is 7. The van der Waals surface area contributed by atoms with E-state index in [1.807, 2.05) is 4.57 Å². The number of thioether (sulfide) groups is 1. The third-order valence-electron chi connectivity index (χ3n) is 4.68. The van der Waals surface area contributed by atoms with E-state index in [0.717, 1.165) is 19.4 Å². The number of aromatic amines is 1. The molecule has 9 nitrogen and oxygen atoms in total. The summed E-state index contributed by atoms with van der Waals surface area (Å²) in [4.78, 5) is 35.9. The Hall–Kier alpha value is -2.56. The number of nitrogens with zero attached hydrogens (tertiary/aromatic N) is 3. The number of aromatic nitrogens is 4. The lowest BCUT2D eigenvalue weighted by molar-refractivity contribution is -0.113. The topological polar surface area (TPSA) is 111 Å². The number of benzene rings is 1. The molecular weight excluding hydrogens is 430 g/mol. The van der Waals surface area contributed by atoms with E-state index >= 15 is 0 Å². The number of carbonyl (C=O) groups excluding carboxylic acids is 1. The Morgan fingerprint density at radius 3 is 3.13 bits per heavy atom. The van der Waals surface area contributed by atoms with Gasteiger partial charge < -0.3 is 24.3 Å². The molecule has 30 heavy (non-hydrogen) atoms. The Morgan fingerprint density at radius 1 is 1.50 bits per heavy atom. The standard InChI is InChI=1S/C19H20ClN5O4S/c1-28-14-5-4-11(20)7-13(14)23-15(26)9-30-19-24-16-17(21-10-22-18(16)27)25(19)8-12-3-2-6-29-12/h4-5,7,10,12H,2-3,6,8-9H2,1H3,(H,23,26)(H,21,22,27)/t12-/m1/s1.